The van der Waals surface area contributed by atoms with Gasteiger partial charge in [0.05, 0.1) is 11.7 Å². The minimum absolute atomic E-state index is 0.173. The lowest BCUT2D eigenvalue weighted by Gasteiger charge is -2.18. The topological polar surface area (TPSA) is 59.8 Å². The molecule has 1 unspecified atom stereocenters. The average Bonchev–Trinajstić information content (AvgIpc) is 3.38. The molecule has 5 nitrogen and oxygen atoms in total. The summed E-state index contributed by atoms with van der Waals surface area (Å²) in [6.45, 7) is 3.95. The van der Waals surface area contributed by atoms with Gasteiger partial charge < -0.3 is 5.32 Å². The molecule has 0 fully saturated rings. The number of hydrogen-bond acceptors (Lipinski definition) is 4. The molecule has 38 heavy (non-hydrogen) atoms. The molecule has 0 aliphatic carbocycles. The Morgan fingerprint density at radius 3 is 2.26 bits per heavy atom. The van der Waals surface area contributed by atoms with Crippen LogP contribution in [0.15, 0.2) is 108 Å². The van der Waals surface area contributed by atoms with Gasteiger partial charge in [-0.2, -0.15) is 0 Å². The van der Waals surface area contributed by atoms with Crippen molar-refractivity contribution in [3.05, 3.63) is 131 Å². The molecule has 0 bridgehead atoms. The van der Waals surface area contributed by atoms with Gasteiger partial charge in [0.25, 0.3) is 5.91 Å². The van der Waals surface area contributed by atoms with Gasteiger partial charge in [0.2, 0.25) is 0 Å². The van der Waals surface area contributed by atoms with Crippen LogP contribution in [-0.4, -0.2) is 20.7 Å². The Bertz CT molecular complexity index is 1540. The minimum Gasteiger partial charge on any atom is -0.342 e. The quantitative estimate of drug-likeness (QED) is 0.206. The molecule has 0 aliphatic heterocycles. The first-order valence-corrected chi connectivity index (χ1v) is 13.7. The van der Waals surface area contributed by atoms with E-state index in [0.717, 1.165) is 33.3 Å². The SMILES string of the molecule is Cc1ccc(Cl)cc1-n1c(SCc2ccccc2)nnc1C(C)NC(=O)c1ccc(-c2ccccc2)cc1. The van der Waals surface area contributed by atoms with Gasteiger partial charge in [-0.15, -0.1) is 10.2 Å². The van der Waals surface area contributed by atoms with Gasteiger partial charge in [0.1, 0.15) is 0 Å². The van der Waals surface area contributed by atoms with Crippen LogP contribution in [0.2, 0.25) is 5.02 Å². The number of carbonyl (C=O) groups is 1. The van der Waals surface area contributed by atoms with E-state index in [-0.39, 0.29) is 5.91 Å². The minimum atomic E-state index is -0.395. The number of rotatable bonds is 8. The molecule has 5 rings (SSSR count). The number of benzene rings is 4. The van der Waals surface area contributed by atoms with E-state index in [0.29, 0.717) is 16.4 Å². The molecule has 1 heterocycles. The fourth-order valence-corrected chi connectivity index (χ4v) is 5.29. The number of thioether (sulfide) groups is 1. The smallest absolute Gasteiger partial charge is 0.251 e. The highest BCUT2D eigenvalue weighted by Crippen LogP contribution is 2.30. The lowest BCUT2D eigenvalue weighted by molar-refractivity contribution is 0.0938. The van der Waals surface area contributed by atoms with E-state index < -0.39 is 6.04 Å². The molecular formula is C31H27ClN4OS. The maximum atomic E-state index is 13.2. The molecular weight excluding hydrogens is 512 g/mol. The number of nitrogens with zero attached hydrogens (tertiary/aromatic N) is 3. The van der Waals surface area contributed by atoms with E-state index in [1.807, 2.05) is 97.3 Å². The number of amides is 1. The number of hydrogen-bond donors (Lipinski definition) is 1. The van der Waals surface area contributed by atoms with Crippen molar-refractivity contribution in [2.24, 2.45) is 0 Å². The molecule has 0 spiro atoms. The number of aryl methyl sites for hydroxylation is 1. The van der Waals surface area contributed by atoms with E-state index >= 15 is 0 Å². The molecule has 4 aromatic carbocycles. The highest BCUT2D eigenvalue weighted by Gasteiger charge is 2.23. The first-order valence-electron chi connectivity index (χ1n) is 12.3. The summed E-state index contributed by atoms with van der Waals surface area (Å²) in [6, 6.07) is 33.3. The van der Waals surface area contributed by atoms with E-state index in [4.69, 9.17) is 11.6 Å². The van der Waals surface area contributed by atoms with Crippen LogP contribution in [-0.2, 0) is 5.75 Å². The Morgan fingerprint density at radius 2 is 1.55 bits per heavy atom. The molecule has 1 amide bonds. The van der Waals surface area contributed by atoms with Crippen molar-refractivity contribution in [1.82, 2.24) is 20.1 Å². The number of nitrogens with one attached hydrogen (secondary N) is 1. The molecule has 1 N–H and O–H groups in total. The largest absolute Gasteiger partial charge is 0.342 e. The lowest BCUT2D eigenvalue weighted by atomic mass is 10.0. The summed E-state index contributed by atoms with van der Waals surface area (Å²) in [5, 5.41) is 13.5. The zero-order valence-electron chi connectivity index (χ0n) is 21.1. The normalized spacial score (nSPS) is 11.8. The number of carbonyl (C=O) groups excluding carboxylic acids is 1. The van der Waals surface area contributed by atoms with Gasteiger partial charge in [-0.3, -0.25) is 9.36 Å². The summed E-state index contributed by atoms with van der Waals surface area (Å²) >= 11 is 7.98. The van der Waals surface area contributed by atoms with Crippen LogP contribution in [0.3, 0.4) is 0 Å². The van der Waals surface area contributed by atoms with Crippen LogP contribution in [0.1, 0.15) is 40.3 Å². The Labute approximate surface area is 231 Å². The second kappa shape index (κ2) is 11.7. The van der Waals surface area contributed by atoms with E-state index in [9.17, 15) is 4.79 Å². The number of aromatic nitrogens is 3. The second-order valence-electron chi connectivity index (χ2n) is 9.02. The van der Waals surface area contributed by atoms with E-state index in [1.54, 1.807) is 11.8 Å². The molecule has 1 atom stereocenters. The van der Waals surface area contributed by atoms with Gasteiger partial charge in [0.15, 0.2) is 11.0 Å². The molecule has 190 valence electrons. The first-order chi connectivity index (χ1) is 18.5. The van der Waals surface area contributed by atoms with Crippen molar-refractivity contribution >= 4 is 29.3 Å². The maximum absolute atomic E-state index is 13.2. The summed E-state index contributed by atoms with van der Waals surface area (Å²) in [6.07, 6.45) is 0. The molecule has 1 aromatic heterocycles. The van der Waals surface area contributed by atoms with Crippen molar-refractivity contribution in [2.75, 3.05) is 0 Å². The van der Waals surface area contributed by atoms with Crippen molar-refractivity contribution in [3.63, 3.8) is 0 Å². The molecule has 0 saturated carbocycles. The predicted octanol–water partition coefficient (Wildman–Crippen LogP) is 7.68. The van der Waals surface area contributed by atoms with Crippen LogP contribution in [0, 0.1) is 6.92 Å². The zero-order chi connectivity index (χ0) is 26.5. The molecule has 0 saturated heterocycles. The van der Waals surface area contributed by atoms with Crippen LogP contribution in [0.4, 0.5) is 0 Å². The van der Waals surface area contributed by atoms with Crippen LogP contribution in [0.25, 0.3) is 16.8 Å². The van der Waals surface area contributed by atoms with Crippen molar-refractivity contribution in [1.29, 1.82) is 0 Å². The van der Waals surface area contributed by atoms with Gasteiger partial charge in [-0.05, 0) is 60.4 Å². The lowest BCUT2D eigenvalue weighted by Crippen LogP contribution is -2.28. The standard InChI is InChI=1S/C31H27ClN4OS/c1-21-13-18-27(32)19-28(21)36-29(34-35-31(36)38-20-23-9-5-3-6-10-23)22(2)33-30(37)26-16-14-25(15-17-26)24-11-7-4-8-12-24/h3-19,22H,20H2,1-2H3,(H,33,37). The predicted molar refractivity (Wildman–Crippen MR) is 155 cm³/mol. The highest BCUT2D eigenvalue weighted by molar-refractivity contribution is 7.98. The first kappa shape index (κ1) is 25.8. The average molecular weight is 539 g/mol. The van der Waals surface area contributed by atoms with Crippen LogP contribution in [0.5, 0.6) is 0 Å². The highest BCUT2D eigenvalue weighted by atomic mass is 35.5. The summed E-state index contributed by atoms with van der Waals surface area (Å²) in [5.74, 6) is 1.21. The summed E-state index contributed by atoms with van der Waals surface area (Å²) in [7, 11) is 0. The molecule has 0 radical (unpaired) electrons. The second-order valence-corrected chi connectivity index (χ2v) is 10.4. The summed E-state index contributed by atoms with van der Waals surface area (Å²) in [5.41, 5.74) is 5.87. The number of halogens is 1. The molecule has 5 aromatic rings. The Kier molecular flexibility index (Phi) is 7.91. The van der Waals surface area contributed by atoms with Gasteiger partial charge in [-0.25, -0.2) is 0 Å². The van der Waals surface area contributed by atoms with Gasteiger partial charge in [-0.1, -0.05) is 102 Å². The molecule has 0 aliphatic rings. The third kappa shape index (κ3) is 5.82. The summed E-state index contributed by atoms with van der Waals surface area (Å²) < 4.78 is 2.00. The van der Waals surface area contributed by atoms with E-state index in [1.165, 1.54) is 5.56 Å². The van der Waals surface area contributed by atoms with Crippen LogP contribution < -0.4 is 5.32 Å². The fourth-order valence-electron chi connectivity index (χ4n) is 4.22. The van der Waals surface area contributed by atoms with Gasteiger partial charge >= 0.3 is 0 Å². The Hall–Kier alpha value is -3.87. The Balaban J connectivity index is 1.40. The zero-order valence-corrected chi connectivity index (χ0v) is 22.7. The monoisotopic (exact) mass is 538 g/mol. The van der Waals surface area contributed by atoms with Crippen molar-refractivity contribution in [2.45, 2.75) is 30.8 Å². The van der Waals surface area contributed by atoms with Crippen molar-refractivity contribution in [3.8, 4) is 16.8 Å². The van der Waals surface area contributed by atoms with E-state index in [2.05, 4.69) is 39.8 Å². The third-order valence-electron chi connectivity index (χ3n) is 6.27. The van der Waals surface area contributed by atoms with Crippen molar-refractivity contribution < 1.29 is 4.79 Å². The summed E-state index contributed by atoms with van der Waals surface area (Å²) in [4.78, 5) is 13.2. The van der Waals surface area contributed by atoms with Gasteiger partial charge in [0, 0.05) is 16.3 Å². The Morgan fingerprint density at radius 1 is 0.895 bits per heavy atom. The van der Waals surface area contributed by atoms with Crippen LogP contribution >= 0.6 is 23.4 Å². The third-order valence-corrected chi connectivity index (χ3v) is 7.51. The fraction of sp³-hybridized carbons (Fsp3) is 0.129. The molecule has 7 heteroatoms. The maximum Gasteiger partial charge on any atom is 0.251 e.